The van der Waals surface area contributed by atoms with Crippen LogP contribution in [0, 0.1) is 6.92 Å². The van der Waals surface area contributed by atoms with Gasteiger partial charge in [-0.3, -0.25) is 0 Å². The molecule has 2 aromatic rings. The third-order valence-electron chi connectivity index (χ3n) is 3.01. The van der Waals surface area contributed by atoms with Crippen LogP contribution in [0.5, 0.6) is 5.75 Å². The van der Waals surface area contributed by atoms with Crippen LogP contribution in [-0.4, -0.2) is 14.2 Å². The quantitative estimate of drug-likeness (QED) is 0.879. The Morgan fingerprint density at radius 3 is 2.75 bits per heavy atom. The average molecular weight is 235 g/mol. The molecule has 0 aliphatic carbocycles. The second-order valence-electron chi connectivity index (χ2n) is 3.94. The lowest BCUT2D eigenvalue weighted by molar-refractivity contribution is 0.420. The Kier molecular flexibility index (Phi) is 3.17. The van der Waals surface area contributed by atoms with Gasteiger partial charge in [-0.25, -0.2) is 0 Å². The zero-order valence-electron chi connectivity index (χ0n) is 10.1. The molecule has 16 heavy (non-hydrogen) atoms. The Balaban J connectivity index is 2.67. The van der Waals surface area contributed by atoms with Gasteiger partial charge < -0.3 is 10.1 Å². The molecule has 86 valence electrons. The maximum atomic E-state index is 5.40. The summed E-state index contributed by atoms with van der Waals surface area (Å²) in [7, 11) is 3.72. The molecule has 1 atom stereocenters. The number of aryl methyl sites for hydroxylation is 1. The summed E-state index contributed by atoms with van der Waals surface area (Å²) in [5, 5.41) is 4.60. The van der Waals surface area contributed by atoms with Gasteiger partial charge in [0.15, 0.2) is 0 Å². The van der Waals surface area contributed by atoms with Crippen molar-refractivity contribution in [3.8, 4) is 5.75 Å². The normalized spacial score (nSPS) is 13.0. The second-order valence-corrected chi connectivity index (χ2v) is 4.99. The molecular formula is C13H17NOS. The molecule has 2 rings (SSSR count). The summed E-state index contributed by atoms with van der Waals surface area (Å²) < 4.78 is 6.65. The van der Waals surface area contributed by atoms with Gasteiger partial charge in [-0.2, -0.15) is 0 Å². The largest absolute Gasteiger partial charge is 0.495 e. The number of hydrogen-bond donors (Lipinski definition) is 1. The van der Waals surface area contributed by atoms with E-state index in [4.69, 9.17) is 4.74 Å². The summed E-state index contributed by atoms with van der Waals surface area (Å²) in [6.45, 7) is 4.37. The van der Waals surface area contributed by atoms with Crippen LogP contribution in [-0.2, 0) is 0 Å². The first-order valence-corrected chi connectivity index (χ1v) is 6.24. The van der Waals surface area contributed by atoms with Crippen LogP contribution >= 0.6 is 11.3 Å². The molecule has 0 saturated heterocycles. The Bertz CT molecular complexity index is 504. The van der Waals surface area contributed by atoms with E-state index in [-0.39, 0.29) is 0 Å². The number of methoxy groups -OCH3 is 1. The van der Waals surface area contributed by atoms with E-state index in [2.05, 4.69) is 31.3 Å². The van der Waals surface area contributed by atoms with Crippen LogP contribution in [0.25, 0.3) is 10.1 Å². The summed E-state index contributed by atoms with van der Waals surface area (Å²) in [4.78, 5) is 1.39. The fraction of sp³-hybridized carbons (Fsp3) is 0.385. The van der Waals surface area contributed by atoms with E-state index >= 15 is 0 Å². The van der Waals surface area contributed by atoms with E-state index in [1.165, 1.54) is 20.5 Å². The number of benzene rings is 1. The smallest absolute Gasteiger partial charge is 0.136 e. The molecular weight excluding hydrogens is 218 g/mol. The third-order valence-corrected chi connectivity index (χ3v) is 4.52. The minimum Gasteiger partial charge on any atom is -0.495 e. The van der Waals surface area contributed by atoms with Gasteiger partial charge in [0.05, 0.1) is 11.8 Å². The van der Waals surface area contributed by atoms with E-state index in [9.17, 15) is 0 Å². The number of thiophene rings is 1. The molecule has 0 aliphatic rings. The van der Waals surface area contributed by atoms with Gasteiger partial charge in [0.1, 0.15) is 5.75 Å². The van der Waals surface area contributed by atoms with Gasteiger partial charge in [-0.05, 0) is 37.9 Å². The van der Waals surface area contributed by atoms with Crippen molar-refractivity contribution < 1.29 is 4.74 Å². The van der Waals surface area contributed by atoms with Crippen LogP contribution in [0.4, 0.5) is 0 Å². The monoisotopic (exact) mass is 235 g/mol. The van der Waals surface area contributed by atoms with E-state index in [0.717, 1.165) is 5.75 Å². The van der Waals surface area contributed by atoms with E-state index < -0.39 is 0 Å². The van der Waals surface area contributed by atoms with Crippen molar-refractivity contribution in [2.75, 3.05) is 14.2 Å². The van der Waals surface area contributed by atoms with Crippen molar-refractivity contribution in [3.05, 3.63) is 28.6 Å². The SMILES string of the molecule is CNC(C)c1sc2c(OC)cccc2c1C. The van der Waals surface area contributed by atoms with Crippen LogP contribution < -0.4 is 10.1 Å². The van der Waals surface area contributed by atoms with Crippen molar-refractivity contribution in [1.82, 2.24) is 5.32 Å². The standard InChI is InChI=1S/C13H17NOS/c1-8-10-6-5-7-11(15-4)13(10)16-12(8)9(2)14-3/h5-7,9,14H,1-4H3. The van der Waals surface area contributed by atoms with Gasteiger partial charge in [0.2, 0.25) is 0 Å². The highest BCUT2D eigenvalue weighted by Gasteiger charge is 2.15. The summed E-state index contributed by atoms with van der Waals surface area (Å²) in [5.41, 5.74) is 1.36. The number of ether oxygens (including phenoxy) is 1. The van der Waals surface area contributed by atoms with E-state index in [1.807, 2.05) is 24.5 Å². The second kappa shape index (κ2) is 4.44. The van der Waals surface area contributed by atoms with Crippen molar-refractivity contribution >= 4 is 21.4 Å². The highest BCUT2D eigenvalue weighted by atomic mass is 32.1. The molecule has 3 heteroatoms. The lowest BCUT2D eigenvalue weighted by Crippen LogP contribution is -2.11. The zero-order valence-corrected chi connectivity index (χ0v) is 10.9. The molecule has 0 radical (unpaired) electrons. The molecule has 2 nitrogen and oxygen atoms in total. The minimum atomic E-state index is 0.391. The van der Waals surface area contributed by atoms with Crippen LogP contribution in [0.3, 0.4) is 0 Å². The third kappa shape index (κ3) is 1.70. The zero-order chi connectivity index (χ0) is 11.7. The molecule has 0 spiro atoms. The van der Waals surface area contributed by atoms with E-state index in [1.54, 1.807) is 7.11 Å². The average Bonchev–Trinajstić information content (AvgIpc) is 2.66. The number of fused-ring (bicyclic) bond motifs is 1. The molecule has 1 aromatic carbocycles. The number of nitrogens with one attached hydrogen (secondary N) is 1. The Morgan fingerprint density at radius 1 is 1.38 bits per heavy atom. The lowest BCUT2D eigenvalue weighted by Gasteiger charge is -2.08. The molecule has 1 aromatic heterocycles. The van der Waals surface area contributed by atoms with Crippen LogP contribution in [0.15, 0.2) is 18.2 Å². The molecule has 0 amide bonds. The summed E-state index contributed by atoms with van der Waals surface area (Å²) in [6, 6.07) is 6.62. The van der Waals surface area contributed by atoms with Crippen molar-refractivity contribution in [2.24, 2.45) is 0 Å². The Labute approximate surface area is 100 Å². The van der Waals surface area contributed by atoms with Gasteiger partial charge >= 0.3 is 0 Å². The predicted octanol–water partition coefficient (Wildman–Crippen LogP) is 3.50. The van der Waals surface area contributed by atoms with Crippen molar-refractivity contribution in [2.45, 2.75) is 19.9 Å². The summed E-state index contributed by atoms with van der Waals surface area (Å²) in [5.74, 6) is 0.972. The van der Waals surface area contributed by atoms with Gasteiger partial charge in [-0.15, -0.1) is 11.3 Å². The van der Waals surface area contributed by atoms with Crippen LogP contribution in [0.2, 0.25) is 0 Å². The molecule has 1 unspecified atom stereocenters. The summed E-state index contributed by atoms with van der Waals surface area (Å²) >= 11 is 1.82. The molecule has 0 bridgehead atoms. The first-order valence-electron chi connectivity index (χ1n) is 5.42. The first-order chi connectivity index (χ1) is 7.69. The molecule has 0 saturated carbocycles. The first kappa shape index (κ1) is 11.4. The van der Waals surface area contributed by atoms with Crippen molar-refractivity contribution in [1.29, 1.82) is 0 Å². The minimum absolute atomic E-state index is 0.391. The van der Waals surface area contributed by atoms with Gasteiger partial charge in [0.25, 0.3) is 0 Å². The maximum absolute atomic E-state index is 5.40. The van der Waals surface area contributed by atoms with Gasteiger partial charge in [-0.1, -0.05) is 12.1 Å². The van der Waals surface area contributed by atoms with E-state index in [0.29, 0.717) is 6.04 Å². The van der Waals surface area contributed by atoms with Crippen molar-refractivity contribution in [3.63, 3.8) is 0 Å². The lowest BCUT2D eigenvalue weighted by atomic mass is 10.1. The topological polar surface area (TPSA) is 21.3 Å². The maximum Gasteiger partial charge on any atom is 0.136 e. The summed E-state index contributed by atoms with van der Waals surface area (Å²) in [6.07, 6.45) is 0. The Morgan fingerprint density at radius 2 is 2.12 bits per heavy atom. The Hall–Kier alpha value is -1.06. The molecule has 1 N–H and O–H groups in total. The number of hydrogen-bond acceptors (Lipinski definition) is 3. The molecule has 1 heterocycles. The predicted molar refractivity (Wildman–Crippen MR) is 70.6 cm³/mol. The molecule has 0 aliphatic heterocycles. The molecule has 0 fully saturated rings. The number of rotatable bonds is 3. The highest BCUT2D eigenvalue weighted by Crippen LogP contribution is 2.39. The van der Waals surface area contributed by atoms with Crippen LogP contribution in [0.1, 0.15) is 23.4 Å². The fourth-order valence-corrected chi connectivity index (χ4v) is 3.30. The fourth-order valence-electron chi connectivity index (χ4n) is 1.94. The van der Waals surface area contributed by atoms with Gasteiger partial charge in [0, 0.05) is 10.9 Å². The highest BCUT2D eigenvalue weighted by molar-refractivity contribution is 7.19.